The van der Waals surface area contributed by atoms with Crippen LogP contribution in [0.1, 0.15) is 43.5 Å². The van der Waals surface area contributed by atoms with E-state index in [1.807, 2.05) is 6.92 Å². The second kappa shape index (κ2) is 11.4. The van der Waals surface area contributed by atoms with Crippen molar-refractivity contribution in [3.05, 3.63) is 29.8 Å². The quantitative estimate of drug-likeness (QED) is 0.344. The van der Waals surface area contributed by atoms with Crippen molar-refractivity contribution in [2.45, 2.75) is 80.9 Å². The van der Waals surface area contributed by atoms with Crippen molar-refractivity contribution in [2.75, 3.05) is 61.9 Å². The molecule has 0 radical (unpaired) electrons. The molecule has 1 aliphatic heterocycles. The van der Waals surface area contributed by atoms with Crippen LogP contribution in [-0.2, 0) is 28.4 Å². The van der Waals surface area contributed by atoms with E-state index in [4.69, 9.17) is 33.2 Å². The Labute approximate surface area is 271 Å². The maximum Gasteiger partial charge on any atom is 0.338 e. The van der Waals surface area contributed by atoms with Crippen LogP contribution in [0, 0.1) is 34.5 Å². The summed E-state index contributed by atoms with van der Waals surface area (Å²) in [7, 11) is 8.39. The van der Waals surface area contributed by atoms with Crippen molar-refractivity contribution in [3.8, 4) is 5.75 Å². The van der Waals surface area contributed by atoms with E-state index in [0.29, 0.717) is 50.3 Å². The molecule has 6 fully saturated rings. The Kier molecular flexibility index (Phi) is 8.08. The Hall–Kier alpha value is -1.83. The van der Waals surface area contributed by atoms with Gasteiger partial charge < -0.3 is 43.4 Å². The van der Waals surface area contributed by atoms with Gasteiger partial charge in [0.2, 0.25) is 0 Å². The molecule has 46 heavy (non-hydrogen) atoms. The normalized spacial score (nSPS) is 48.4. The van der Waals surface area contributed by atoms with Gasteiger partial charge in [-0.1, -0.05) is 6.92 Å². The van der Waals surface area contributed by atoms with Crippen LogP contribution in [0.25, 0.3) is 0 Å². The fraction of sp³-hybridized carbons (Fsp3) is 0.800. The number of esters is 1. The molecule has 0 amide bonds. The number of carbonyl (C=O) groups excluding carboxylic acids is 1. The number of fused-ring (bicyclic) bond motifs is 2. The number of methoxy groups -OCH3 is 5. The number of aliphatic hydroxyl groups is 2. The van der Waals surface area contributed by atoms with Crippen LogP contribution in [0.3, 0.4) is 0 Å². The maximum absolute atomic E-state index is 13.9. The summed E-state index contributed by atoms with van der Waals surface area (Å²) < 4.78 is 44.0. The molecule has 5 saturated carbocycles. The van der Waals surface area contributed by atoms with Gasteiger partial charge in [0.1, 0.15) is 17.5 Å². The SMILES string of the molecule is CCO[C@]12C[C@H](OC)[C@@]3(O)C[C@H]([C@@H]1[C@H]3OC(=O)c1ccc(OC)cc1)[C@@]13C(OC)C[C@@H](O)[C@@]4(COC)CN(CC)C1[C@@H]2[C@H](OC)[C@H]43. The predicted octanol–water partition coefficient (Wildman–Crippen LogP) is 2.16. The summed E-state index contributed by atoms with van der Waals surface area (Å²) in [5, 5.41) is 24.9. The molecule has 1 spiro atoms. The van der Waals surface area contributed by atoms with Gasteiger partial charge in [-0.05, 0) is 50.1 Å². The molecule has 1 aromatic carbocycles. The van der Waals surface area contributed by atoms with Crippen LogP contribution in [0.5, 0.6) is 5.75 Å². The maximum atomic E-state index is 13.9. The van der Waals surface area contributed by atoms with Gasteiger partial charge in [-0.25, -0.2) is 4.79 Å². The lowest BCUT2D eigenvalue weighted by molar-refractivity contribution is -0.304. The van der Waals surface area contributed by atoms with Crippen molar-refractivity contribution in [1.82, 2.24) is 4.90 Å². The number of benzene rings is 1. The largest absolute Gasteiger partial charge is 0.497 e. The molecule has 1 aromatic rings. The van der Waals surface area contributed by atoms with Gasteiger partial charge in [0.15, 0.2) is 0 Å². The average Bonchev–Trinajstić information content (AvgIpc) is 3.43. The van der Waals surface area contributed by atoms with E-state index in [-0.39, 0.29) is 41.9 Å². The van der Waals surface area contributed by atoms with Gasteiger partial charge >= 0.3 is 5.97 Å². The molecule has 14 atom stereocenters. The Morgan fingerprint density at radius 3 is 2.28 bits per heavy atom. The average molecular weight is 646 g/mol. The summed E-state index contributed by atoms with van der Waals surface area (Å²) in [6, 6.07) is 6.79. The fourth-order valence-electron chi connectivity index (χ4n) is 12.5. The Morgan fingerprint density at radius 1 is 0.978 bits per heavy atom. The third-order valence-corrected chi connectivity index (χ3v) is 13.5. The van der Waals surface area contributed by atoms with E-state index < -0.39 is 46.3 Å². The standard InChI is InChI=1S/C35H51NO10/c1-8-36-17-32(18-40-3)22(37)14-23(42-5)35-21-15-33(39)24(43-6)16-34(45-9-2,26(29(35)36)27(44-7)28(32)35)25(21)30(33)46-31(38)19-10-12-20(41-4)13-11-19/h10-13,21-30,37,39H,8-9,14-18H2,1-7H3/t21-,22-,23?,24+,25-,26+,27+,28-,29?,30-,32+,33+,34-,35+/m1/s1. The van der Waals surface area contributed by atoms with Crippen molar-refractivity contribution in [3.63, 3.8) is 0 Å². The van der Waals surface area contributed by atoms with E-state index >= 15 is 0 Å². The van der Waals surface area contributed by atoms with Crippen LogP contribution in [0.4, 0.5) is 0 Å². The van der Waals surface area contributed by atoms with Gasteiger partial charge in [0, 0.05) is 89.1 Å². The summed E-state index contributed by atoms with van der Waals surface area (Å²) in [5.74, 6) is -0.750. The summed E-state index contributed by atoms with van der Waals surface area (Å²) >= 11 is 0. The lowest BCUT2D eigenvalue weighted by atomic mass is 9.42. The smallest absolute Gasteiger partial charge is 0.338 e. The summed E-state index contributed by atoms with van der Waals surface area (Å²) in [6.45, 7) is 6.38. The molecular weight excluding hydrogens is 594 g/mol. The van der Waals surface area contributed by atoms with Crippen LogP contribution in [0.2, 0.25) is 0 Å². The lowest BCUT2D eigenvalue weighted by Gasteiger charge is -2.70. The molecule has 1 saturated heterocycles. The minimum absolute atomic E-state index is 0.0152. The topological polar surface area (TPSA) is 125 Å². The molecule has 2 N–H and O–H groups in total. The first-order valence-electron chi connectivity index (χ1n) is 16.8. The van der Waals surface area contributed by atoms with Crippen LogP contribution in [-0.4, -0.2) is 131 Å². The highest BCUT2D eigenvalue weighted by molar-refractivity contribution is 5.89. The molecule has 0 aromatic heterocycles. The number of hydrogen-bond donors (Lipinski definition) is 2. The van der Waals surface area contributed by atoms with Gasteiger partial charge in [-0.15, -0.1) is 0 Å². The first kappa shape index (κ1) is 32.7. The molecule has 11 heteroatoms. The Morgan fingerprint density at radius 2 is 1.70 bits per heavy atom. The molecule has 7 rings (SSSR count). The fourth-order valence-corrected chi connectivity index (χ4v) is 12.5. The van der Waals surface area contributed by atoms with Crippen molar-refractivity contribution >= 4 is 5.97 Å². The minimum atomic E-state index is -1.46. The molecule has 1 heterocycles. The van der Waals surface area contributed by atoms with Gasteiger partial charge in [-0.3, -0.25) is 4.90 Å². The van der Waals surface area contributed by atoms with E-state index in [2.05, 4.69) is 11.8 Å². The third kappa shape index (κ3) is 3.80. The number of aliphatic hydroxyl groups excluding tert-OH is 1. The summed E-state index contributed by atoms with van der Waals surface area (Å²) in [5.41, 5.74) is -3.11. The first-order valence-corrected chi connectivity index (χ1v) is 16.8. The Balaban J connectivity index is 1.45. The number of hydrogen-bond acceptors (Lipinski definition) is 11. The monoisotopic (exact) mass is 645 g/mol. The van der Waals surface area contributed by atoms with Crippen molar-refractivity contribution in [1.29, 1.82) is 0 Å². The minimum Gasteiger partial charge on any atom is -0.497 e. The van der Waals surface area contributed by atoms with Crippen LogP contribution in [0.15, 0.2) is 24.3 Å². The summed E-state index contributed by atoms with van der Waals surface area (Å²) in [4.78, 5) is 16.4. The van der Waals surface area contributed by atoms with E-state index in [1.54, 1.807) is 59.8 Å². The molecule has 256 valence electrons. The highest BCUT2D eigenvalue weighted by Crippen LogP contribution is 2.80. The van der Waals surface area contributed by atoms with Crippen molar-refractivity contribution in [2.24, 2.45) is 34.5 Å². The number of rotatable bonds is 11. The molecule has 5 aliphatic carbocycles. The number of carbonyl (C=O) groups is 1. The van der Waals surface area contributed by atoms with Gasteiger partial charge in [0.05, 0.1) is 49.3 Å². The number of piperidine rings is 1. The molecule has 11 nitrogen and oxygen atoms in total. The second-order valence-corrected chi connectivity index (χ2v) is 14.6. The number of nitrogens with zero attached hydrogens (tertiary/aromatic N) is 1. The van der Waals surface area contributed by atoms with E-state index in [9.17, 15) is 15.0 Å². The first-order chi connectivity index (χ1) is 22.1. The highest BCUT2D eigenvalue weighted by Gasteiger charge is 2.90. The predicted molar refractivity (Wildman–Crippen MR) is 165 cm³/mol. The zero-order valence-corrected chi connectivity index (χ0v) is 28.1. The van der Waals surface area contributed by atoms with Crippen LogP contribution >= 0.6 is 0 Å². The lowest BCUT2D eigenvalue weighted by Crippen LogP contribution is -2.79. The van der Waals surface area contributed by atoms with Crippen molar-refractivity contribution < 1.29 is 48.2 Å². The highest BCUT2D eigenvalue weighted by atomic mass is 16.6. The summed E-state index contributed by atoms with van der Waals surface area (Å²) in [6.07, 6.45) is -1.63. The molecule has 6 aliphatic rings. The van der Waals surface area contributed by atoms with Crippen LogP contribution < -0.4 is 4.74 Å². The zero-order chi connectivity index (χ0) is 32.8. The zero-order valence-electron chi connectivity index (χ0n) is 28.1. The van der Waals surface area contributed by atoms with E-state index in [1.165, 1.54) is 0 Å². The third-order valence-electron chi connectivity index (χ3n) is 13.5. The molecular formula is C35H51NO10. The van der Waals surface area contributed by atoms with Gasteiger partial charge in [-0.2, -0.15) is 0 Å². The Bertz CT molecular complexity index is 1310. The molecule has 2 unspecified atom stereocenters. The van der Waals surface area contributed by atoms with Gasteiger partial charge in [0.25, 0.3) is 0 Å². The molecule has 7 bridgehead atoms. The second-order valence-electron chi connectivity index (χ2n) is 14.6. The number of ether oxygens (including phenoxy) is 7. The number of likely N-dealkylation sites (tertiary alicyclic amines) is 1. The van der Waals surface area contributed by atoms with E-state index in [0.717, 1.165) is 6.54 Å².